The van der Waals surface area contributed by atoms with Crippen LogP contribution in [0.25, 0.3) is 133 Å². The summed E-state index contributed by atoms with van der Waals surface area (Å²) in [6.45, 7) is 45.6. The number of hydrogen-bond acceptors (Lipinski definition) is 0. The molecule has 12 aromatic carbocycles. The van der Waals surface area contributed by atoms with Crippen molar-refractivity contribution < 1.29 is 26.5 Å². The van der Waals surface area contributed by atoms with E-state index in [1.54, 1.807) is 0 Å². The first-order valence-corrected chi connectivity index (χ1v) is 50.8. The highest BCUT2D eigenvalue weighted by Gasteiger charge is 2.51. The molecule has 0 radical (unpaired) electrons. The summed E-state index contributed by atoms with van der Waals surface area (Å²) in [5.41, 5.74) is 40.2. The number of aryl methyl sites for hydroxylation is 9. The van der Waals surface area contributed by atoms with Gasteiger partial charge in [0.05, 0.1) is 11.1 Å². The molecule has 2 fully saturated rings. The Hall–Kier alpha value is -11.7. The second-order valence-electron chi connectivity index (χ2n) is 44.7. The largest absolute Gasteiger partial charge is 0.213 e. The summed E-state index contributed by atoms with van der Waals surface area (Å²) in [4.78, 5) is 0. The van der Waals surface area contributed by atoms with Crippen molar-refractivity contribution in [2.45, 2.75) is 273 Å². The molecule has 22 rings (SSSR count). The van der Waals surface area contributed by atoms with E-state index in [-0.39, 0.29) is 44.3 Å². The summed E-state index contributed by atoms with van der Waals surface area (Å²) in [5, 5.41) is 10.5. The van der Waals surface area contributed by atoms with Gasteiger partial charge < -0.3 is 0 Å². The lowest BCUT2D eigenvalue weighted by Crippen LogP contribution is -2.45. The molecule has 0 atom stereocenters. The molecule has 0 amide bonds. The molecule has 4 heterocycles. The van der Waals surface area contributed by atoms with Crippen LogP contribution in [0.2, 0.25) is 0 Å². The van der Waals surface area contributed by atoms with Gasteiger partial charge in [0.15, 0.2) is 24.8 Å². The quantitative estimate of drug-likeness (QED) is 0.121. The molecule has 0 saturated heterocycles. The van der Waals surface area contributed by atoms with E-state index in [4.69, 9.17) is 4.11 Å². The molecule has 4 nitrogen and oxygen atoms in total. The molecule has 6 aliphatic rings. The Morgan fingerprint density at radius 3 is 1.39 bits per heavy atom. The number of nitrogens with zero attached hydrogens (tertiary/aromatic N) is 4. The highest BCUT2D eigenvalue weighted by Crippen LogP contribution is 2.61. The number of rotatable bonds is 10. The minimum absolute atomic E-state index is 0.00349. The maximum atomic E-state index is 9.27. The number of benzene rings is 12. The Balaban J connectivity index is 0.000000121. The number of fused-ring (bicyclic) bond motifs is 19. The number of pyridine rings is 4. The fourth-order valence-electron chi connectivity index (χ4n) is 24.4. The maximum absolute atomic E-state index is 9.27. The van der Waals surface area contributed by atoms with Crippen LogP contribution in [0.3, 0.4) is 0 Å². The molecule has 6 aliphatic carbocycles. The van der Waals surface area contributed by atoms with Crippen molar-refractivity contribution in [3.8, 4) is 89.5 Å². The Morgan fingerprint density at radius 2 is 0.757 bits per heavy atom. The summed E-state index contributed by atoms with van der Waals surface area (Å²) in [7, 11) is 8.42. The smallest absolute Gasteiger partial charge is 0.201 e. The predicted octanol–water partition coefficient (Wildman–Crippen LogP) is 32.5. The molecular weight excluding hydrogens is 1640 g/mol. The molecule has 692 valence electrons. The highest BCUT2D eigenvalue weighted by molar-refractivity contribution is 6.03. The van der Waals surface area contributed by atoms with E-state index < -0.39 is 24.5 Å². The molecule has 4 aromatic heterocycles. The summed E-state index contributed by atoms with van der Waals surface area (Å²) in [6, 6.07) is 89.4. The standard InChI is InChI=1S/C36H42N.C35H40N.C32H36N.C29H30N/c1-24-16-18-30-29-19-17-27-14-10-11-15-28(27)33(29)35(2,3)36(4,5)34(30)32(24)31-23-26(20-21-37(31)6)22-25-12-8-7-9-13-25;1-23-20-31-29(22-28(23)32-21-26(18-19-36(32)6)24-12-8-7-9-13-24)33-27-15-11-10-14-25(27)16-17-30(33)34(2,3)35(31,4)5;1-20(2)22-13-14-33(8)30(18-22)25-19-27-26-16-23-11-9-10-12-24(23)17-29(26)32(6,7)31(4,5)28(27)15-21(25)3;1-19(2)17-21-15-16-30(4)28(18-21)29-20(3)9-11-26-25-12-10-22-7-5-6-8-23(22)24(25)13-14-27(26)29/h10-11,14-21,23,25H,7-9,12-13,22H2,1-6H3;10-11,14-22,24H,7-9,12-13H2,1-6H3;9-20H,1-8H3;5-12,15-16,18-19H,13-14,17H2,1-4H3/q4*+1/i22D2;24D;20D;17D2. The van der Waals surface area contributed by atoms with Crippen molar-refractivity contribution in [3.63, 3.8) is 0 Å². The lowest BCUT2D eigenvalue weighted by Gasteiger charge is -2.49. The minimum atomic E-state index is -1.36. The van der Waals surface area contributed by atoms with Crippen LogP contribution >= 0.6 is 0 Å². The Kier molecular flexibility index (Phi) is 22.7. The minimum Gasteiger partial charge on any atom is -0.201 e. The van der Waals surface area contributed by atoms with Crippen LogP contribution in [0, 0.1) is 39.5 Å². The molecule has 0 bridgehead atoms. The van der Waals surface area contributed by atoms with Crippen LogP contribution in [0.1, 0.15) is 284 Å². The fraction of sp³-hybridized carbons (Fsp3) is 0.364. The summed E-state index contributed by atoms with van der Waals surface area (Å²) in [5.74, 6) is -1.09. The number of aromatic nitrogens is 4. The van der Waals surface area contributed by atoms with Gasteiger partial charge in [0.1, 0.15) is 28.2 Å². The first kappa shape index (κ1) is 85.9. The highest BCUT2D eigenvalue weighted by atomic mass is 14.9. The average molecular weight is 1800 g/mol. The van der Waals surface area contributed by atoms with Crippen molar-refractivity contribution in [1.82, 2.24) is 0 Å². The van der Waals surface area contributed by atoms with Gasteiger partial charge in [0.25, 0.3) is 0 Å². The van der Waals surface area contributed by atoms with Crippen molar-refractivity contribution in [3.05, 3.63) is 356 Å². The normalized spacial score (nSPS) is 17.8. The van der Waals surface area contributed by atoms with Gasteiger partial charge in [0.2, 0.25) is 22.8 Å². The Morgan fingerprint density at radius 1 is 0.324 bits per heavy atom. The third-order valence-corrected chi connectivity index (χ3v) is 34.4. The monoisotopic (exact) mass is 1800 g/mol. The zero-order valence-corrected chi connectivity index (χ0v) is 85.8. The van der Waals surface area contributed by atoms with Crippen LogP contribution in [0.5, 0.6) is 0 Å². The third kappa shape index (κ3) is 16.2. The van der Waals surface area contributed by atoms with Crippen LogP contribution in [-0.4, -0.2) is 0 Å². The van der Waals surface area contributed by atoms with Crippen molar-refractivity contribution in [1.29, 1.82) is 0 Å². The summed E-state index contributed by atoms with van der Waals surface area (Å²) < 4.78 is 62.3. The van der Waals surface area contributed by atoms with Gasteiger partial charge in [-0.05, 0) is 312 Å². The van der Waals surface area contributed by atoms with Crippen molar-refractivity contribution in [2.75, 3.05) is 0 Å². The van der Waals surface area contributed by atoms with Crippen molar-refractivity contribution in [2.24, 2.45) is 40.0 Å². The fourth-order valence-corrected chi connectivity index (χ4v) is 24.4. The van der Waals surface area contributed by atoms with E-state index in [0.717, 1.165) is 98.0 Å². The lowest BCUT2D eigenvalue weighted by molar-refractivity contribution is -0.660. The van der Waals surface area contributed by atoms with Crippen molar-refractivity contribution >= 4 is 43.1 Å². The molecule has 136 heavy (non-hydrogen) atoms. The molecule has 0 N–H and O–H groups in total. The van der Waals surface area contributed by atoms with Gasteiger partial charge in [-0.3, -0.25) is 0 Å². The first-order valence-electron chi connectivity index (χ1n) is 53.8. The molecular formula is C132H148N4+4. The zero-order valence-electron chi connectivity index (χ0n) is 91.8. The first-order chi connectivity index (χ1) is 67.1. The Labute approximate surface area is 822 Å². The molecule has 16 aromatic rings. The molecule has 4 heteroatoms. The zero-order chi connectivity index (χ0) is 101. The molecule has 2 saturated carbocycles. The van der Waals surface area contributed by atoms with E-state index in [1.165, 1.54) is 201 Å². The second kappa shape index (κ2) is 36.0. The van der Waals surface area contributed by atoms with Gasteiger partial charge >= 0.3 is 0 Å². The van der Waals surface area contributed by atoms with Gasteiger partial charge in [0, 0.05) is 78.7 Å². The van der Waals surface area contributed by atoms with E-state index in [1.807, 2.05) is 46.0 Å². The third-order valence-electron chi connectivity index (χ3n) is 34.4. The average Bonchev–Trinajstić information content (AvgIpc) is 0.704. The maximum Gasteiger partial charge on any atom is 0.213 e. The van der Waals surface area contributed by atoms with Gasteiger partial charge in [-0.1, -0.05) is 332 Å². The van der Waals surface area contributed by atoms with E-state index in [2.05, 4.69) is 406 Å². The SMILES string of the molecule is [2H]C(C)(C)c1cc[n+](C)c(-c2cc3c(cc2C)C(C)(C)C(C)(C)c2cc4ccccc4cc2-3)c1.[2H]C([2H])(c1cc[n+](C)c(-c2c(C)ccc3c2C(C)(C)C(C)(C)c2c-3ccc3ccccc23)c1)C1CCCCC1.[2H]C([2H])(c1cc[n+](C)c(-c2c(C)ccc3c2CCc2c-3ccc3ccccc23)c1)C(C)C.[2H]C1(c2cc[n+](C)c(-c3cc4c(cc3C)C(C)(C)C(C)(C)c3ccc5ccccc5c3-4)c2)CCCCC1. The van der Waals surface area contributed by atoms with E-state index in [0.29, 0.717) is 0 Å². The van der Waals surface area contributed by atoms with E-state index >= 15 is 0 Å². The molecule has 0 unspecified atom stereocenters. The number of hydrogen-bond donors (Lipinski definition) is 0. The molecule has 0 spiro atoms. The van der Waals surface area contributed by atoms with Crippen LogP contribution < -0.4 is 18.3 Å². The van der Waals surface area contributed by atoms with Gasteiger partial charge in [-0.15, -0.1) is 0 Å². The van der Waals surface area contributed by atoms with Crippen LogP contribution in [0.15, 0.2) is 267 Å². The summed E-state index contributed by atoms with van der Waals surface area (Å²) >= 11 is 0. The lowest BCUT2D eigenvalue weighted by atomic mass is 9.53. The topological polar surface area (TPSA) is 15.5 Å². The molecule has 0 aliphatic heterocycles. The predicted molar refractivity (Wildman–Crippen MR) is 577 cm³/mol. The van der Waals surface area contributed by atoms with E-state index in [9.17, 15) is 4.11 Å². The van der Waals surface area contributed by atoms with Gasteiger partial charge in [-0.2, -0.15) is 0 Å². The van der Waals surface area contributed by atoms with Gasteiger partial charge in [-0.25, -0.2) is 18.3 Å². The van der Waals surface area contributed by atoms with Crippen LogP contribution in [-0.2, 0) is 86.3 Å². The van der Waals surface area contributed by atoms with Crippen LogP contribution in [0.4, 0.5) is 0 Å². The second-order valence-corrected chi connectivity index (χ2v) is 44.7. The Bertz CT molecular complexity index is 7740. The summed E-state index contributed by atoms with van der Waals surface area (Å²) in [6.07, 6.45) is 18.7.